The first-order chi connectivity index (χ1) is 4.93. The normalized spacial score (nSPS) is 9.20. The minimum absolute atomic E-state index is 0.791. The van der Waals surface area contributed by atoms with Gasteiger partial charge in [-0.25, -0.2) is 0 Å². The highest BCUT2D eigenvalue weighted by Crippen LogP contribution is 2.14. The standard InChI is InChI=1S/C8H7S2/c9-6-7-10-8-4-2-1-3-5-8/h1-5H,7H2. The number of rotatable bonds is 3. The predicted molar refractivity (Wildman–Crippen MR) is 49.8 cm³/mol. The fourth-order valence-electron chi connectivity index (χ4n) is 0.630. The average molecular weight is 167 g/mol. The van der Waals surface area contributed by atoms with Gasteiger partial charge in [-0.15, -0.1) is 11.8 Å². The summed E-state index contributed by atoms with van der Waals surface area (Å²) in [7, 11) is 0. The highest BCUT2D eigenvalue weighted by Gasteiger charge is 1.87. The van der Waals surface area contributed by atoms with Crippen LogP contribution in [-0.4, -0.2) is 11.1 Å². The number of hydrogen-bond acceptors (Lipinski definition) is 2. The number of benzene rings is 1. The second kappa shape index (κ2) is 4.47. The van der Waals surface area contributed by atoms with Gasteiger partial charge in [0.1, 0.15) is 0 Å². The van der Waals surface area contributed by atoms with Gasteiger partial charge in [0.2, 0.25) is 0 Å². The highest BCUT2D eigenvalue weighted by atomic mass is 32.2. The van der Waals surface area contributed by atoms with E-state index in [2.05, 4.69) is 29.7 Å². The van der Waals surface area contributed by atoms with Gasteiger partial charge in [0.05, 0.1) is 0 Å². The zero-order valence-corrected chi connectivity index (χ0v) is 7.04. The summed E-state index contributed by atoms with van der Waals surface area (Å²) in [5.41, 5.74) is 0. The second-order valence-corrected chi connectivity index (χ2v) is 3.08. The smallest absolute Gasteiger partial charge is 0.0402 e. The summed E-state index contributed by atoms with van der Waals surface area (Å²) in [6.07, 6.45) is 0. The molecular formula is C8H7S2. The number of hydrogen-bond donors (Lipinski definition) is 0. The summed E-state index contributed by atoms with van der Waals surface area (Å²) in [5.74, 6) is 0.791. The van der Waals surface area contributed by atoms with E-state index in [9.17, 15) is 0 Å². The summed E-state index contributed by atoms with van der Waals surface area (Å²) in [4.78, 5) is 1.25. The lowest BCUT2D eigenvalue weighted by molar-refractivity contribution is 1.47. The third-order valence-electron chi connectivity index (χ3n) is 1.04. The van der Waals surface area contributed by atoms with Crippen LogP contribution in [0.15, 0.2) is 35.2 Å². The van der Waals surface area contributed by atoms with Gasteiger partial charge in [-0.2, -0.15) is 0 Å². The maximum Gasteiger partial charge on any atom is 0.0402 e. The Kier molecular flexibility index (Phi) is 3.47. The fourth-order valence-corrected chi connectivity index (χ4v) is 1.38. The third-order valence-corrected chi connectivity index (χ3v) is 2.26. The zero-order valence-electron chi connectivity index (χ0n) is 5.41. The topological polar surface area (TPSA) is 0 Å². The van der Waals surface area contributed by atoms with E-state index in [4.69, 9.17) is 0 Å². The van der Waals surface area contributed by atoms with E-state index in [0.29, 0.717) is 0 Å². The minimum Gasteiger partial charge on any atom is -0.120 e. The lowest BCUT2D eigenvalue weighted by Gasteiger charge is -1.93. The molecule has 0 heterocycles. The van der Waals surface area contributed by atoms with Gasteiger partial charge in [0.15, 0.2) is 0 Å². The first kappa shape index (κ1) is 7.76. The lowest BCUT2D eigenvalue weighted by atomic mass is 10.4. The Morgan fingerprint density at radius 2 is 2.00 bits per heavy atom. The molecule has 0 nitrogen and oxygen atoms in total. The molecule has 0 aromatic heterocycles. The molecule has 0 saturated heterocycles. The first-order valence-corrected chi connectivity index (χ1v) is 4.36. The van der Waals surface area contributed by atoms with Crippen LogP contribution in [0.2, 0.25) is 0 Å². The molecule has 0 aliphatic carbocycles. The Balaban J connectivity index is 2.50. The minimum atomic E-state index is 0.791. The van der Waals surface area contributed by atoms with E-state index in [1.165, 1.54) is 4.90 Å². The van der Waals surface area contributed by atoms with Crippen LogP contribution in [0, 0.1) is 0 Å². The molecule has 1 aromatic carbocycles. The molecule has 0 amide bonds. The summed E-state index contributed by atoms with van der Waals surface area (Å²) in [5, 5.41) is 2.66. The maximum absolute atomic E-state index is 4.58. The summed E-state index contributed by atoms with van der Waals surface area (Å²) < 4.78 is 0. The van der Waals surface area contributed by atoms with Crippen LogP contribution in [-0.2, 0) is 0 Å². The van der Waals surface area contributed by atoms with Gasteiger partial charge in [-0.05, 0) is 12.1 Å². The van der Waals surface area contributed by atoms with Gasteiger partial charge < -0.3 is 0 Å². The molecule has 1 rings (SSSR count). The van der Waals surface area contributed by atoms with E-state index in [1.807, 2.05) is 18.2 Å². The molecule has 51 valence electrons. The van der Waals surface area contributed by atoms with E-state index >= 15 is 0 Å². The van der Waals surface area contributed by atoms with E-state index in [-0.39, 0.29) is 0 Å². The van der Waals surface area contributed by atoms with Crippen molar-refractivity contribution in [1.82, 2.24) is 0 Å². The molecule has 0 bridgehead atoms. The van der Waals surface area contributed by atoms with Crippen molar-refractivity contribution < 1.29 is 0 Å². The molecular weight excluding hydrogens is 160 g/mol. The molecule has 1 radical (unpaired) electrons. The van der Waals surface area contributed by atoms with E-state index in [1.54, 1.807) is 11.8 Å². The Morgan fingerprint density at radius 3 is 2.60 bits per heavy atom. The van der Waals surface area contributed by atoms with Crippen LogP contribution < -0.4 is 0 Å². The van der Waals surface area contributed by atoms with Gasteiger partial charge in [0.25, 0.3) is 0 Å². The van der Waals surface area contributed by atoms with Gasteiger partial charge in [0, 0.05) is 16.0 Å². The molecule has 0 unspecified atom stereocenters. The van der Waals surface area contributed by atoms with Crippen molar-refractivity contribution in [3.63, 3.8) is 0 Å². The van der Waals surface area contributed by atoms with Crippen molar-refractivity contribution in [2.75, 3.05) is 5.75 Å². The average Bonchev–Trinajstić information content (AvgIpc) is 2.03. The van der Waals surface area contributed by atoms with Crippen LogP contribution in [0.1, 0.15) is 0 Å². The van der Waals surface area contributed by atoms with Gasteiger partial charge in [-0.3, -0.25) is 0 Å². The number of thiocarbonyl (C=S) groups is 1. The number of thioether (sulfide) groups is 1. The zero-order chi connectivity index (χ0) is 7.23. The lowest BCUT2D eigenvalue weighted by Crippen LogP contribution is -1.74. The Bertz CT molecular complexity index is 194. The van der Waals surface area contributed by atoms with Crippen LogP contribution in [0.5, 0.6) is 0 Å². The summed E-state index contributed by atoms with van der Waals surface area (Å²) in [6, 6.07) is 10.2. The van der Waals surface area contributed by atoms with Crippen molar-refractivity contribution in [3.05, 3.63) is 30.3 Å². The molecule has 1 aromatic rings. The van der Waals surface area contributed by atoms with Crippen molar-refractivity contribution >= 4 is 29.3 Å². The molecule has 0 aliphatic rings. The largest absolute Gasteiger partial charge is 0.120 e. The molecule has 0 aliphatic heterocycles. The SMILES string of the molecule is S=[C]CSc1ccccc1. The maximum atomic E-state index is 4.58. The predicted octanol–water partition coefficient (Wildman–Crippen LogP) is 2.66. The van der Waals surface area contributed by atoms with Gasteiger partial charge in [-0.1, -0.05) is 30.4 Å². The van der Waals surface area contributed by atoms with Gasteiger partial charge >= 0.3 is 0 Å². The molecule has 0 saturated carbocycles. The highest BCUT2D eigenvalue weighted by molar-refractivity contribution is 8.00. The molecule has 2 heteroatoms. The van der Waals surface area contributed by atoms with Crippen LogP contribution in [0.3, 0.4) is 0 Å². The fraction of sp³-hybridized carbons (Fsp3) is 0.125. The van der Waals surface area contributed by atoms with Crippen LogP contribution >= 0.6 is 24.0 Å². The Morgan fingerprint density at radius 1 is 1.30 bits per heavy atom. The van der Waals surface area contributed by atoms with Crippen LogP contribution in [0.25, 0.3) is 0 Å². The molecule has 0 spiro atoms. The molecule has 0 fully saturated rings. The van der Waals surface area contributed by atoms with Crippen molar-refractivity contribution in [2.24, 2.45) is 0 Å². The summed E-state index contributed by atoms with van der Waals surface area (Å²) in [6.45, 7) is 0. The van der Waals surface area contributed by atoms with E-state index in [0.717, 1.165) is 5.75 Å². The third kappa shape index (κ3) is 2.50. The quantitative estimate of drug-likeness (QED) is 0.501. The second-order valence-electron chi connectivity index (χ2n) is 1.75. The monoisotopic (exact) mass is 167 g/mol. The first-order valence-electron chi connectivity index (χ1n) is 2.96. The molecule has 10 heavy (non-hydrogen) atoms. The van der Waals surface area contributed by atoms with Crippen molar-refractivity contribution in [1.29, 1.82) is 0 Å². The van der Waals surface area contributed by atoms with Crippen LogP contribution in [0.4, 0.5) is 0 Å². The Hall–Kier alpha value is -0.340. The summed E-state index contributed by atoms with van der Waals surface area (Å²) >= 11 is 6.29. The molecule has 0 N–H and O–H groups in total. The molecule has 0 atom stereocenters. The van der Waals surface area contributed by atoms with E-state index < -0.39 is 0 Å². The Labute approximate surface area is 70.6 Å². The van der Waals surface area contributed by atoms with Crippen molar-refractivity contribution in [3.8, 4) is 0 Å². The van der Waals surface area contributed by atoms with Crippen molar-refractivity contribution in [2.45, 2.75) is 4.90 Å².